The molecule has 5 heteroatoms. The van der Waals surface area contributed by atoms with E-state index in [2.05, 4.69) is 14.9 Å². The van der Waals surface area contributed by atoms with Crippen LogP contribution in [-0.2, 0) is 0 Å². The van der Waals surface area contributed by atoms with Crippen LogP contribution in [0.5, 0.6) is 0 Å². The molecule has 1 aromatic heterocycles. The molecule has 1 aliphatic heterocycles. The number of aryl methyl sites for hydroxylation is 1. The fourth-order valence-corrected chi connectivity index (χ4v) is 2.52. The average molecular weight is 236 g/mol. The molecule has 1 saturated heterocycles. The number of nitrogens with one attached hydrogen (secondary N) is 1. The van der Waals surface area contributed by atoms with E-state index in [0.717, 1.165) is 31.6 Å². The number of hydrogen-bond acceptors (Lipinski definition) is 4. The Morgan fingerprint density at radius 2 is 2.47 bits per heavy atom. The van der Waals surface area contributed by atoms with Gasteiger partial charge in [0.2, 0.25) is 0 Å². The van der Waals surface area contributed by atoms with Crippen LogP contribution in [-0.4, -0.2) is 28.6 Å². The Balaban J connectivity index is 2.22. The smallest absolute Gasteiger partial charge is 0.252 e. The Kier molecular flexibility index (Phi) is 3.47. The molecule has 94 valence electrons. The molecule has 2 atom stereocenters. The Bertz CT molecular complexity index is 440. The molecule has 2 rings (SSSR count). The van der Waals surface area contributed by atoms with E-state index in [1.54, 1.807) is 6.07 Å². The monoisotopic (exact) mass is 236 g/mol. The summed E-state index contributed by atoms with van der Waals surface area (Å²) >= 11 is 0. The van der Waals surface area contributed by atoms with Crippen molar-refractivity contribution in [1.82, 2.24) is 9.97 Å². The SMILES string of the molecule is Cc1nc(N2CCCC2CC(C)N)cc(=O)[nH]1. The second-order valence-electron chi connectivity index (χ2n) is 4.89. The number of rotatable bonds is 3. The summed E-state index contributed by atoms with van der Waals surface area (Å²) in [4.78, 5) is 20.7. The van der Waals surface area contributed by atoms with Crippen molar-refractivity contribution in [3.8, 4) is 0 Å². The number of hydrogen-bond donors (Lipinski definition) is 2. The summed E-state index contributed by atoms with van der Waals surface area (Å²) in [7, 11) is 0. The van der Waals surface area contributed by atoms with Gasteiger partial charge in [-0.1, -0.05) is 0 Å². The van der Waals surface area contributed by atoms with E-state index in [1.807, 2.05) is 13.8 Å². The van der Waals surface area contributed by atoms with Crippen molar-refractivity contribution in [2.24, 2.45) is 5.73 Å². The maximum Gasteiger partial charge on any atom is 0.252 e. The molecule has 17 heavy (non-hydrogen) atoms. The molecule has 0 aliphatic carbocycles. The van der Waals surface area contributed by atoms with Gasteiger partial charge in [-0.3, -0.25) is 4.79 Å². The minimum Gasteiger partial charge on any atom is -0.353 e. The van der Waals surface area contributed by atoms with Gasteiger partial charge in [0, 0.05) is 24.7 Å². The number of nitrogens with zero attached hydrogens (tertiary/aromatic N) is 2. The Hall–Kier alpha value is -1.36. The first kappa shape index (κ1) is 12.1. The summed E-state index contributed by atoms with van der Waals surface area (Å²) < 4.78 is 0. The van der Waals surface area contributed by atoms with Crippen molar-refractivity contribution in [3.63, 3.8) is 0 Å². The summed E-state index contributed by atoms with van der Waals surface area (Å²) in [5, 5.41) is 0. The van der Waals surface area contributed by atoms with Crippen LogP contribution in [0.3, 0.4) is 0 Å². The highest BCUT2D eigenvalue weighted by Gasteiger charge is 2.26. The molecule has 0 amide bonds. The van der Waals surface area contributed by atoms with Crippen molar-refractivity contribution in [2.75, 3.05) is 11.4 Å². The van der Waals surface area contributed by atoms with Crippen LogP contribution >= 0.6 is 0 Å². The van der Waals surface area contributed by atoms with Gasteiger partial charge in [-0.25, -0.2) is 4.98 Å². The minimum absolute atomic E-state index is 0.0843. The molecule has 0 radical (unpaired) electrons. The van der Waals surface area contributed by atoms with Crippen LogP contribution in [0.15, 0.2) is 10.9 Å². The van der Waals surface area contributed by atoms with Crippen molar-refractivity contribution >= 4 is 5.82 Å². The number of nitrogens with two attached hydrogens (primary N) is 1. The molecule has 2 unspecified atom stereocenters. The predicted octanol–water partition coefficient (Wildman–Crippen LogP) is 0.784. The molecular formula is C12H20N4O. The highest BCUT2D eigenvalue weighted by Crippen LogP contribution is 2.25. The van der Waals surface area contributed by atoms with E-state index in [0.29, 0.717) is 11.9 Å². The third-order valence-corrected chi connectivity index (χ3v) is 3.16. The second kappa shape index (κ2) is 4.87. The Morgan fingerprint density at radius 3 is 3.12 bits per heavy atom. The predicted molar refractivity (Wildman–Crippen MR) is 68.2 cm³/mol. The first-order chi connectivity index (χ1) is 8.06. The lowest BCUT2D eigenvalue weighted by molar-refractivity contribution is 0.542. The van der Waals surface area contributed by atoms with Gasteiger partial charge in [-0.2, -0.15) is 0 Å². The lowest BCUT2D eigenvalue weighted by Gasteiger charge is -2.26. The van der Waals surface area contributed by atoms with Gasteiger partial charge in [0.05, 0.1) is 0 Å². The standard InChI is InChI=1S/C12H20N4O/c1-8(13)6-10-4-3-5-16(10)11-7-12(17)15-9(2)14-11/h7-8,10H,3-6,13H2,1-2H3,(H,14,15,17). The number of anilines is 1. The van der Waals surface area contributed by atoms with E-state index in [-0.39, 0.29) is 11.6 Å². The zero-order chi connectivity index (χ0) is 12.4. The minimum atomic E-state index is -0.0843. The average Bonchev–Trinajstić information content (AvgIpc) is 2.63. The van der Waals surface area contributed by atoms with Crippen LogP contribution in [0.4, 0.5) is 5.82 Å². The summed E-state index contributed by atoms with van der Waals surface area (Å²) in [6.07, 6.45) is 3.23. The van der Waals surface area contributed by atoms with Crippen molar-refractivity contribution in [3.05, 3.63) is 22.2 Å². The summed E-state index contributed by atoms with van der Waals surface area (Å²) in [5.74, 6) is 1.45. The van der Waals surface area contributed by atoms with Gasteiger partial charge in [0.15, 0.2) is 0 Å². The van der Waals surface area contributed by atoms with Gasteiger partial charge in [-0.15, -0.1) is 0 Å². The maximum absolute atomic E-state index is 11.4. The third-order valence-electron chi connectivity index (χ3n) is 3.16. The normalized spacial score (nSPS) is 21.8. The van der Waals surface area contributed by atoms with Gasteiger partial charge in [0.25, 0.3) is 5.56 Å². The molecule has 3 N–H and O–H groups in total. The second-order valence-corrected chi connectivity index (χ2v) is 4.89. The summed E-state index contributed by atoms with van der Waals surface area (Å²) in [6, 6.07) is 2.18. The van der Waals surface area contributed by atoms with E-state index in [9.17, 15) is 4.79 Å². The van der Waals surface area contributed by atoms with Crippen LogP contribution in [0.25, 0.3) is 0 Å². The lowest BCUT2D eigenvalue weighted by Crippen LogP contribution is -2.35. The van der Waals surface area contributed by atoms with Gasteiger partial charge in [0.1, 0.15) is 11.6 Å². The topological polar surface area (TPSA) is 75.0 Å². The van der Waals surface area contributed by atoms with E-state index < -0.39 is 0 Å². The van der Waals surface area contributed by atoms with Gasteiger partial charge < -0.3 is 15.6 Å². The number of aromatic nitrogens is 2. The van der Waals surface area contributed by atoms with Crippen molar-refractivity contribution in [1.29, 1.82) is 0 Å². The maximum atomic E-state index is 11.4. The fourth-order valence-electron chi connectivity index (χ4n) is 2.52. The molecule has 0 spiro atoms. The molecule has 0 bridgehead atoms. The first-order valence-corrected chi connectivity index (χ1v) is 6.16. The quantitative estimate of drug-likeness (QED) is 0.813. The highest BCUT2D eigenvalue weighted by atomic mass is 16.1. The Morgan fingerprint density at radius 1 is 1.71 bits per heavy atom. The van der Waals surface area contributed by atoms with E-state index in [4.69, 9.17) is 5.73 Å². The molecular weight excluding hydrogens is 216 g/mol. The molecule has 5 nitrogen and oxygen atoms in total. The van der Waals surface area contributed by atoms with E-state index >= 15 is 0 Å². The van der Waals surface area contributed by atoms with Gasteiger partial charge >= 0.3 is 0 Å². The Labute approximate surface area is 101 Å². The number of H-pyrrole nitrogens is 1. The fraction of sp³-hybridized carbons (Fsp3) is 0.667. The van der Waals surface area contributed by atoms with Crippen molar-refractivity contribution in [2.45, 2.75) is 45.2 Å². The zero-order valence-corrected chi connectivity index (χ0v) is 10.4. The third kappa shape index (κ3) is 2.85. The zero-order valence-electron chi connectivity index (χ0n) is 10.4. The highest BCUT2D eigenvalue weighted by molar-refractivity contribution is 5.40. The number of aromatic amines is 1. The van der Waals surface area contributed by atoms with Crippen molar-refractivity contribution < 1.29 is 0 Å². The van der Waals surface area contributed by atoms with Crippen LogP contribution < -0.4 is 16.2 Å². The molecule has 1 fully saturated rings. The largest absolute Gasteiger partial charge is 0.353 e. The van der Waals surface area contributed by atoms with Crippen LogP contribution in [0.2, 0.25) is 0 Å². The first-order valence-electron chi connectivity index (χ1n) is 6.16. The summed E-state index contributed by atoms with van der Waals surface area (Å²) in [6.45, 7) is 4.79. The summed E-state index contributed by atoms with van der Waals surface area (Å²) in [5.41, 5.74) is 5.77. The van der Waals surface area contributed by atoms with E-state index in [1.165, 1.54) is 0 Å². The molecule has 0 aromatic carbocycles. The lowest BCUT2D eigenvalue weighted by atomic mass is 10.1. The molecule has 1 aromatic rings. The van der Waals surface area contributed by atoms with Crippen LogP contribution in [0, 0.1) is 6.92 Å². The molecule has 2 heterocycles. The molecule has 1 aliphatic rings. The molecule has 0 saturated carbocycles. The van der Waals surface area contributed by atoms with Gasteiger partial charge in [-0.05, 0) is 33.1 Å². The van der Waals surface area contributed by atoms with Crippen LogP contribution in [0.1, 0.15) is 32.0 Å².